The first-order valence-corrected chi connectivity index (χ1v) is 7.85. The van der Waals surface area contributed by atoms with Gasteiger partial charge in [-0.2, -0.15) is 0 Å². The van der Waals surface area contributed by atoms with Gasteiger partial charge in [0.05, 0.1) is 0 Å². The molecule has 0 aliphatic carbocycles. The van der Waals surface area contributed by atoms with E-state index in [0.29, 0.717) is 13.0 Å². The monoisotopic (exact) mass is 289 g/mol. The van der Waals surface area contributed by atoms with Crippen molar-refractivity contribution in [3.63, 3.8) is 0 Å². The van der Waals surface area contributed by atoms with Crippen LogP contribution in [-0.4, -0.2) is 12.0 Å². The molecule has 3 nitrogen and oxygen atoms in total. The summed E-state index contributed by atoms with van der Waals surface area (Å²) < 4.78 is 5.21. The smallest absolute Gasteiger partial charge is 0.323 e. The lowest BCUT2D eigenvalue weighted by atomic mass is 10.1. The Kier molecular flexibility index (Phi) is 9.21. The van der Waals surface area contributed by atoms with Gasteiger partial charge in [0.25, 0.3) is 0 Å². The van der Waals surface area contributed by atoms with Crippen LogP contribution in [0, 0.1) is 0 Å². The number of carbonyl (C=O) groups is 1. The lowest BCUT2D eigenvalue weighted by Gasteiger charge is -2.10. The highest BCUT2D eigenvalue weighted by molar-refractivity contribution is 5.75. The summed E-state index contributed by atoms with van der Waals surface area (Å²) in [5.41, 5.74) is 6.82. The van der Waals surface area contributed by atoms with Gasteiger partial charge < -0.3 is 10.5 Å². The normalized spacial score (nSPS) is 12.5. The van der Waals surface area contributed by atoms with Crippen molar-refractivity contribution in [2.75, 3.05) is 0 Å². The van der Waals surface area contributed by atoms with E-state index in [1.807, 2.05) is 30.3 Å². The second-order valence-electron chi connectivity index (χ2n) is 5.24. The molecule has 0 bridgehead atoms. The molecule has 3 heteroatoms. The fourth-order valence-corrected chi connectivity index (χ4v) is 1.98. The van der Waals surface area contributed by atoms with Gasteiger partial charge >= 0.3 is 5.97 Å². The van der Waals surface area contributed by atoms with Gasteiger partial charge in [-0.1, -0.05) is 62.2 Å². The molecule has 0 saturated carbocycles. The summed E-state index contributed by atoms with van der Waals surface area (Å²) in [5.74, 6) is -0.321. The van der Waals surface area contributed by atoms with Gasteiger partial charge in [0.2, 0.25) is 0 Å². The van der Waals surface area contributed by atoms with Crippen molar-refractivity contribution in [3.8, 4) is 0 Å². The van der Waals surface area contributed by atoms with Crippen LogP contribution in [0.4, 0.5) is 0 Å². The molecule has 0 aromatic heterocycles. The van der Waals surface area contributed by atoms with Crippen molar-refractivity contribution >= 4 is 5.97 Å². The average Bonchev–Trinajstić information content (AvgIpc) is 2.52. The molecule has 0 aliphatic rings. The van der Waals surface area contributed by atoms with Crippen LogP contribution in [0.1, 0.15) is 51.0 Å². The van der Waals surface area contributed by atoms with Crippen LogP contribution < -0.4 is 5.73 Å². The molecule has 1 unspecified atom stereocenters. The van der Waals surface area contributed by atoms with E-state index in [0.717, 1.165) is 18.4 Å². The van der Waals surface area contributed by atoms with E-state index in [-0.39, 0.29) is 5.97 Å². The topological polar surface area (TPSA) is 52.3 Å². The summed E-state index contributed by atoms with van der Waals surface area (Å²) >= 11 is 0. The van der Waals surface area contributed by atoms with E-state index >= 15 is 0 Å². The van der Waals surface area contributed by atoms with E-state index in [2.05, 4.69) is 19.1 Å². The Morgan fingerprint density at radius 2 is 1.90 bits per heavy atom. The van der Waals surface area contributed by atoms with Crippen LogP contribution in [0.2, 0.25) is 0 Å². The van der Waals surface area contributed by atoms with Gasteiger partial charge in [0.1, 0.15) is 12.6 Å². The molecule has 2 N–H and O–H groups in total. The van der Waals surface area contributed by atoms with Crippen LogP contribution in [0.3, 0.4) is 0 Å². The molecule has 1 aromatic rings. The third kappa shape index (κ3) is 8.30. The molecule has 0 radical (unpaired) electrons. The predicted molar refractivity (Wildman–Crippen MR) is 86.7 cm³/mol. The Hall–Kier alpha value is -1.61. The molecule has 0 fully saturated rings. The van der Waals surface area contributed by atoms with Gasteiger partial charge in [-0.3, -0.25) is 4.79 Å². The summed E-state index contributed by atoms with van der Waals surface area (Å²) in [6, 6.07) is 9.10. The van der Waals surface area contributed by atoms with E-state index in [4.69, 9.17) is 10.5 Å². The van der Waals surface area contributed by atoms with Crippen LogP contribution in [0.15, 0.2) is 42.5 Å². The van der Waals surface area contributed by atoms with Crippen molar-refractivity contribution in [1.82, 2.24) is 0 Å². The van der Waals surface area contributed by atoms with E-state index < -0.39 is 6.04 Å². The predicted octanol–water partition coefficient (Wildman–Crippen LogP) is 3.97. The van der Waals surface area contributed by atoms with Crippen molar-refractivity contribution < 1.29 is 9.53 Å². The van der Waals surface area contributed by atoms with Crippen molar-refractivity contribution in [3.05, 3.63) is 48.0 Å². The van der Waals surface area contributed by atoms with Gasteiger partial charge in [0.15, 0.2) is 0 Å². The Balaban J connectivity index is 2.13. The molecule has 0 saturated heterocycles. The van der Waals surface area contributed by atoms with Crippen LogP contribution in [0.25, 0.3) is 0 Å². The summed E-state index contributed by atoms with van der Waals surface area (Å²) in [7, 11) is 0. The number of nitrogens with two attached hydrogens (primary N) is 1. The molecule has 1 rings (SSSR count). The number of benzene rings is 1. The molecule has 1 atom stereocenters. The number of hydrogen-bond acceptors (Lipinski definition) is 3. The molecule has 0 spiro atoms. The van der Waals surface area contributed by atoms with Crippen LogP contribution in [0.5, 0.6) is 0 Å². The SMILES string of the molecule is CCCCCC=CCCC(N)C(=O)OCc1ccccc1. The van der Waals surface area contributed by atoms with Crippen molar-refractivity contribution in [2.24, 2.45) is 5.73 Å². The molecule has 0 aliphatic heterocycles. The minimum absolute atomic E-state index is 0.292. The second-order valence-corrected chi connectivity index (χ2v) is 5.24. The Morgan fingerprint density at radius 1 is 1.19 bits per heavy atom. The minimum atomic E-state index is -0.533. The van der Waals surface area contributed by atoms with Crippen molar-refractivity contribution in [2.45, 2.75) is 58.1 Å². The summed E-state index contributed by atoms with van der Waals surface area (Å²) in [4.78, 5) is 11.8. The first-order valence-electron chi connectivity index (χ1n) is 7.85. The van der Waals surface area contributed by atoms with Crippen LogP contribution >= 0.6 is 0 Å². The molecule has 21 heavy (non-hydrogen) atoms. The number of unbranched alkanes of at least 4 members (excludes halogenated alkanes) is 3. The molecule has 0 amide bonds. The summed E-state index contributed by atoms with van der Waals surface area (Å²) in [5, 5.41) is 0. The Labute approximate surface area is 128 Å². The molecular formula is C18H27NO2. The zero-order chi connectivity index (χ0) is 15.3. The lowest BCUT2D eigenvalue weighted by Crippen LogP contribution is -2.31. The van der Waals surface area contributed by atoms with E-state index in [1.165, 1.54) is 19.3 Å². The minimum Gasteiger partial charge on any atom is -0.460 e. The molecular weight excluding hydrogens is 262 g/mol. The number of carbonyl (C=O) groups excluding carboxylic acids is 1. The highest BCUT2D eigenvalue weighted by Crippen LogP contribution is 2.05. The largest absolute Gasteiger partial charge is 0.460 e. The maximum Gasteiger partial charge on any atom is 0.323 e. The standard InChI is InChI=1S/C18H27NO2/c1-2-3-4-5-6-7-11-14-17(19)18(20)21-15-16-12-9-8-10-13-16/h6-10,12-13,17H,2-5,11,14-15,19H2,1H3. The third-order valence-electron chi connectivity index (χ3n) is 3.31. The van der Waals surface area contributed by atoms with Gasteiger partial charge in [-0.05, 0) is 31.2 Å². The van der Waals surface area contributed by atoms with Crippen molar-refractivity contribution in [1.29, 1.82) is 0 Å². The third-order valence-corrected chi connectivity index (χ3v) is 3.31. The number of esters is 1. The average molecular weight is 289 g/mol. The number of ether oxygens (including phenoxy) is 1. The maximum atomic E-state index is 11.8. The number of rotatable bonds is 10. The number of allylic oxidation sites excluding steroid dienone is 2. The highest BCUT2D eigenvalue weighted by atomic mass is 16.5. The Morgan fingerprint density at radius 3 is 2.62 bits per heavy atom. The quantitative estimate of drug-likeness (QED) is 0.403. The lowest BCUT2D eigenvalue weighted by molar-refractivity contribution is -0.146. The first-order chi connectivity index (χ1) is 10.2. The molecule has 1 aromatic carbocycles. The summed E-state index contributed by atoms with van der Waals surface area (Å²) in [6.45, 7) is 2.49. The fourth-order valence-electron chi connectivity index (χ4n) is 1.98. The number of hydrogen-bond donors (Lipinski definition) is 1. The maximum absolute atomic E-state index is 11.8. The second kappa shape index (κ2) is 11.1. The van der Waals surface area contributed by atoms with E-state index in [9.17, 15) is 4.79 Å². The van der Waals surface area contributed by atoms with Gasteiger partial charge in [-0.25, -0.2) is 0 Å². The Bertz CT molecular complexity index is 414. The zero-order valence-electron chi connectivity index (χ0n) is 13.0. The fraction of sp³-hybridized carbons (Fsp3) is 0.500. The van der Waals surface area contributed by atoms with Gasteiger partial charge in [-0.15, -0.1) is 0 Å². The highest BCUT2D eigenvalue weighted by Gasteiger charge is 2.13. The van der Waals surface area contributed by atoms with Crippen LogP contribution in [-0.2, 0) is 16.1 Å². The first kappa shape index (κ1) is 17.4. The zero-order valence-corrected chi connectivity index (χ0v) is 13.0. The molecule has 0 heterocycles. The van der Waals surface area contributed by atoms with E-state index in [1.54, 1.807) is 0 Å². The summed E-state index contributed by atoms with van der Waals surface area (Å²) in [6.07, 6.45) is 10.6. The van der Waals surface area contributed by atoms with Gasteiger partial charge in [0, 0.05) is 0 Å². The molecule has 116 valence electrons.